The minimum atomic E-state index is -0.879. The van der Waals surface area contributed by atoms with Crippen molar-refractivity contribution in [3.63, 3.8) is 0 Å². The highest BCUT2D eigenvalue weighted by Crippen LogP contribution is 2.11. The molecule has 254 valence electrons. The smallest absolute Gasteiger partial charge is 0.178 e. The molecule has 0 rings (SSSR count). The Morgan fingerprint density at radius 2 is 0.690 bits per heavy atom. The van der Waals surface area contributed by atoms with Crippen LogP contribution in [-0.2, 0) is 42.6 Å². The topological polar surface area (TPSA) is 124 Å². The fourth-order valence-electron chi connectivity index (χ4n) is 3.82. The van der Waals surface area contributed by atoms with Gasteiger partial charge >= 0.3 is 0 Å². The number of aliphatic hydroxyl groups is 2. The Balaban J connectivity index is 3.12. The monoisotopic (exact) mass is 612 g/mol. The van der Waals surface area contributed by atoms with Gasteiger partial charge < -0.3 is 52.8 Å². The van der Waals surface area contributed by atoms with Crippen molar-refractivity contribution in [2.24, 2.45) is 0 Å². The highest BCUT2D eigenvalue weighted by Gasteiger charge is 2.04. The van der Waals surface area contributed by atoms with Gasteiger partial charge in [-0.2, -0.15) is 0 Å². The van der Waals surface area contributed by atoms with Crippen molar-refractivity contribution in [1.29, 1.82) is 0 Å². The maximum absolute atomic E-state index is 9.84. The summed E-state index contributed by atoms with van der Waals surface area (Å²) in [4.78, 5) is 0. The van der Waals surface area contributed by atoms with Gasteiger partial charge in [0.15, 0.2) is 6.29 Å². The summed E-state index contributed by atoms with van der Waals surface area (Å²) in [5.74, 6) is 0. The normalized spacial score (nSPS) is 12.4. The molecule has 2 N–H and O–H groups in total. The molecule has 0 aliphatic rings. The highest BCUT2D eigenvalue weighted by atomic mass is 16.6. The summed E-state index contributed by atoms with van der Waals surface area (Å²) in [6, 6.07) is 0. The minimum absolute atomic E-state index is 0.0266. The fourth-order valence-corrected chi connectivity index (χ4v) is 3.82. The van der Waals surface area contributed by atoms with Gasteiger partial charge in [0.05, 0.1) is 112 Å². The Bertz CT molecular complexity index is 474. The molecule has 0 fully saturated rings. The lowest BCUT2D eigenvalue weighted by Crippen LogP contribution is -2.21. The number of aliphatic hydroxyl groups excluding tert-OH is 2. The Morgan fingerprint density at radius 3 is 1.05 bits per heavy atom. The zero-order valence-corrected chi connectivity index (χ0v) is 26.7. The molecular weight excluding hydrogens is 548 g/mol. The van der Waals surface area contributed by atoms with Crippen molar-refractivity contribution in [1.82, 2.24) is 0 Å². The number of hydrogen-bond acceptors (Lipinski definition) is 11. The molecule has 0 aromatic carbocycles. The van der Waals surface area contributed by atoms with Crippen LogP contribution in [-0.4, -0.2) is 135 Å². The van der Waals surface area contributed by atoms with Crippen LogP contribution in [0.4, 0.5) is 0 Å². The van der Waals surface area contributed by atoms with Crippen LogP contribution in [0.5, 0.6) is 0 Å². The van der Waals surface area contributed by atoms with E-state index in [2.05, 4.69) is 6.92 Å². The molecule has 11 heteroatoms. The number of ether oxygens (including phenoxy) is 9. The van der Waals surface area contributed by atoms with Gasteiger partial charge in [-0.3, -0.25) is 0 Å². The molecule has 42 heavy (non-hydrogen) atoms. The van der Waals surface area contributed by atoms with E-state index in [0.717, 1.165) is 12.8 Å². The third-order valence-corrected chi connectivity index (χ3v) is 6.16. The lowest BCUT2D eigenvalue weighted by atomic mass is 10.1. The summed E-state index contributed by atoms with van der Waals surface area (Å²) in [5, 5.41) is 18.4. The first kappa shape index (κ1) is 41.6. The average molecular weight is 613 g/mol. The van der Waals surface area contributed by atoms with Crippen LogP contribution in [0.2, 0.25) is 0 Å². The van der Waals surface area contributed by atoms with Gasteiger partial charge in [-0.15, -0.1) is 0 Å². The predicted molar refractivity (Wildman–Crippen MR) is 162 cm³/mol. The van der Waals surface area contributed by atoms with Crippen molar-refractivity contribution < 1.29 is 52.8 Å². The molecule has 0 aromatic heterocycles. The third kappa shape index (κ3) is 37.6. The quantitative estimate of drug-likeness (QED) is 0.0783. The van der Waals surface area contributed by atoms with Crippen LogP contribution in [0.25, 0.3) is 0 Å². The van der Waals surface area contributed by atoms with Crippen LogP contribution in [0, 0.1) is 0 Å². The van der Waals surface area contributed by atoms with E-state index in [-0.39, 0.29) is 13.2 Å². The minimum Gasteiger partial charge on any atom is -0.394 e. The zero-order chi connectivity index (χ0) is 30.4. The van der Waals surface area contributed by atoms with E-state index in [9.17, 15) is 5.11 Å². The largest absolute Gasteiger partial charge is 0.394 e. The molecule has 0 amide bonds. The Morgan fingerprint density at radius 1 is 0.381 bits per heavy atom. The third-order valence-electron chi connectivity index (χ3n) is 6.16. The Hall–Kier alpha value is -0.440. The van der Waals surface area contributed by atoms with Crippen molar-refractivity contribution in [3.05, 3.63) is 0 Å². The maximum Gasteiger partial charge on any atom is 0.178 e. The summed E-state index contributed by atoms with van der Waals surface area (Å²) < 4.78 is 48.4. The van der Waals surface area contributed by atoms with Gasteiger partial charge in [-0.1, -0.05) is 71.1 Å². The van der Waals surface area contributed by atoms with E-state index in [4.69, 9.17) is 47.7 Å². The first-order valence-corrected chi connectivity index (χ1v) is 16.3. The summed E-state index contributed by atoms with van der Waals surface area (Å²) in [5.41, 5.74) is 0. The molecule has 1 atom stereocenters. The molecule has 0 aromatic rings. The summed E-state index contributed by atoms with van der Waals surface area (Å²) in [7, 11) is 0. The van der Waals surface area contributed by atoms with Crippen LogP contribution in [0.3, 0.4) is 0 Å². The second-order valence-corrected chi connectivity index (χ2v) is 9.95. The van der Waals surface area contributed by atoms with Gasteiger partial charge in [-0.25, -0.2) is 0 Å². The van der Waals surface area contributed by atoms with Crippen molar-refractivity contribution in [2.45, 2.75) is 83.8 Å². The van der Waals surface area contributed by atoms with Crippen LogP contribution in [0.15, 0.2) is 0 Å². The molecule has 0 heterocycles. The highest BCUT2D eigenvalue weighted by molar-refractivity contribution is 4.48. The number of unbranched alkanes of at least 4 members (excludes halogenated alkanes) is 10. The van der Waals surface area contributed by atoms with Gasteiger partial charge in [0.1, 0.15) is 0 Å². The van der Waals surface area contributed by atoms with Crippen LogP contribution >= 0.6 is 0 Å². The van der Waals surface area contributed by atoms with E-state index in [1.807, 2.05) is 0 Å². The second-order valence-electron chi connectivity index (χ2n) is 9.95. The average Bonchev–Trinajstić information content (AvgIpc) is 3.00. The SMILES string of the molecule is CCCCCCCCCCCCCOC(O)COCCOCCOCCOCCOCCOCCOCCOCCO. The van der Waals surface area contributed by atoms with Gasteiger partial charge in [0, 0.05) is 6.61 Å². The Labute approximate surface area is 255 Å². The summed E-state index contributed by atoms with van der Waals surface area (Å²) in [6.07, 6.45) is 13.3. The van der Waals surface area contributed by atoms with Crippen molar-refractivity contribution >= 4 is 0 Å². The standard InChI is InChI=1S/C31H64O11/c1-2-3-4-5-6-7-8-9-10-11-12-14-42-31(33)30-41-29-28-40-27-26-39-25-24-38-23-22-37-21-20-36-19-18-35-17-16-34-15-13-32/h31-33H,2-30H2,1H3. The first-order chi connectivity index (χ1) is 20.8. The molecular formula is C31H64O11. The van der Waals surface area contributed by atoms with E-state index >= 15 is 0 Å². The zero-order valence-electron chi connectivity index (χ0n) is 26.7. The fraction of sp³-hybridized carbons (Fsp3) is 1.00. The predicted octanol–water partition coefficient (Wildman–Crippen LogP) is 3.76. The molecule has 0 aliphatic carbocycles. The first-order valence-electron chi connectivity index (χ1n) is 16.3. The summed E-state index contributed by atoms with van der Waals surface area (Å²) >= 11 is 0. The van der Waals surface area contributed by atoms with E-state index < -0.39 is 6.29 Å². The molecule has 0 radical (unpaired) electrons. The lowest BCUT2D eigenvalue weighted by Gasteiger charge is -2.12. The Kier molecular flexibility index (Phi) is 38.2. The molecule has 0 aliphatic heterocycles. The van der Waals surface area contributed by atoms with E-state index in [1.165, 1.54) is 57.8 Å². The van der Waals surface area contributed by atoms with E-state index in [1.54, 1.807) is 0 Å². The van der Waals surface area contributed by atoms with Gasteiger partial charge in [0.2, 0.25) is 0 Å². The lowest BCUT2D eigenvalue weighted by molar-refractivity contribution is -0.141. The van der Waals surface area contributed by atoms with Crippen LogP contribution < -0.4 is 0 Å². The number of hydrogen-bond donors (Lipinski definition) is 2. The summed E-state index contributed by atoms with van der Waals surface area (Å²) in [6.45, 7) is 10.2. The van der Waals surface area contributed by atoms with Crippen LogP contribution in [0.1, 0.15) is 77.6 Å². The van der Waals surface area contributed by atoms with E-state index in [0.29, 0.717) is 106 Å². The van der Waals surface area contributed by atoms with Crippen molar-refractivity contribution in [3.8, 4) is 0 Å². The molecule has 0 saturated heterocycles. The molecule has 0 spiro atoms. The molecule has 0 saturated carbocycles. The maximum atomic E-state index is 9.84. The molecule has 1 unspecified atom stereocenters. The molecule has 0 bridgehead atoms. The second kappa shape index (κ2) is 38.6. The van der Waals surface area contributed by atoms with Gasteiger partial charge in [0.25, 0.3) is 0 Å². The van der Waals surface area contributed by atoms with Crippen molar-refractivity contribution in [2.75, 3.05) is 119 Å². The number of rotatable bonds is 38. The van der Waals surface area contributed by atoms with Gasteiger partial charge in [-0.05, 0) is 6.42 Å². The molecule has 11 nitrogen and oxygen atoms in total.